The number of rotatable bonds is 14. The zero-order valence-electron chi connectivity index (χ0n) is 30.4. The Labute approximate surface area is 322 Å². The Morgan fingerprint density at radius 1 is 0.811 bits per heavy atom. The van der Waals surface area contributed by atoms with Crippen molar-refractivity contribution >= 4 is 35.2 Å². The van der Waals surface area contributed by atoms with Crippen molar-refractivity contribution < 1.29 is 19.0 Å². The minimum Gasteiger partial charge on any atom is -0.493 e. The van der Waals surface area contributed by atoms with Crippen LogP contribution in [0.5, 0.6) is 23.1 Å². The first kappa shape index (κ1) is 37.9. The van der Waals surface area contributed by atoms with E-state index in [9.17, 15) is 4.79 Å². The number of hydrogen-bond acceptors (Lipinski definition) is 6. The van der Waals surface area contributed by atoms with Crippen LogP contribution in [0.1, 0.15) is 53.1 Å². The van der Waals surface area contributed by atoms with E-state index in [1.807, 2.05) is 42.2 Å². The Morgan fingerprint density at radius 2 is 1.49 bits per heavy atom. The van der Waals surface area contributed by atoms with Crippen molar-refractivity contribution in [1.29, 1.82) is 0 Å². The van der Waals surface area contributed by atoms with Gasteiger partial charge in [-0.1, -0.05) is 85.6 Å². The molecule has 0 spiro atoms. The van der Waals surface area contributed by atoms with Gasteiger partial charge < -0.3 is 19.1 Å². The van der Waals surface area contributed by atoms with E-state index in [0.717, 1.165) is 48.5 Å². The summed E-state index contributed by atoms with van der Waals surface area (Å²) in [6.07, 6.45) is 5.90. The first-order valence-corrected chi connectivity index (χ1v) is 18.8. The van der Waals surface area contributed by atoms with E-state index >= 15 is 0 Å². The van der Waals surface area contributed by atoms with Crippen molar-refractivity contribution in [2.45, 2.75) is 46.3 Å². The highest BCUT2D eigenvalue weighted by atomic mass is 35.5. The lowest BCUT2D eigenvalue weighted by Gasteiger charge is -2.34. The zero-order valence-corrected chi connectivity index (χ0v) is 31.9. The molecular formula is C44H45Cl2N3O4. The molecule has 1 aliphatic heterocycles. The van der Waals surface area contributed by atoms with Crippen LogP contribution in [0.2, 0.25) is 10.0 Å². The number of carbonyl (C=O) groups excluding carboxylic acids is 1. The van der Waals surface area contributed by atoms with Gasteiger partial charge in [-0.05, 0) is 94.8 Å². The van der Waals surface area contributed by atoms with Gasteiger partial charge in [0.25, 0.3) is 0 Å². The van der Waals surface area contributed by atoms with E-state index < -0.39 is 0 Å². The van der Waals surface area contributed by atoms with Crippen LogP contribution in [0.15, 0.2) is 109 Å². The second-order valence-electron chi connectivity index (χ2n) is 13.6. The normalized spacial score (nSPS) is 13.4. The zero-order chi connectivity index (χ0) is 37.2. The molecule has 2 heterocycles. The lowest BCUT2D eigenvalue weighted by Crippen LogP contribution is -2.47. The van der Waals surface area contributed by atoms with Crippen LogP contribution in [0.25, 0.3) is 6.08 Å². The fourth-order valence-electron chi connectivity index (χ4n) is 6.05. The van der Waals surface area contributed by atoms with Gasteiger partial charge in [0.05, 0.1) is 17.8 Å². The molecule has 0 radical (unpaired) electrons. The van der Waals surface area contributed by atoms with Crippen LogP contribution >= 0.6 is 23.2 Å². The molecule has 274 valence electrons. The molecule has 1 saturated heterocycles. The van der Waals surface area contributed by atoms with Gasteiger partial charge in [-0.3, -0.25) is 9.69 Å². The van der Waals surface area contributed by atoms with E-state index in [1.54, 1.807) is 36.5 Å². The van der Waals surface area contributed by atoms with E-state index in [2.05, 4.69) is 72.3 Å². The highest BCUT2D eigenvalue weighted by Gasteiger charge is 2.20. The lowest BCUT2D eigenvalue weighted by molar-refractivity contribution is -0.127. The Kier molecular flexibility index (Phi) is 13.1. The number of hydrogen-bond donors (Lipinski definition) is 0. The van der Waals surface area contributed by atoms with E-state index in [4.69, 9.17) is 37.4 Å². The van der Waals surface area contributed by atoms with Gasteiger partial charge in [0, 0.05) is 56.3 Å². The van der Waals surface area contributed by atoms with Crippen LogP contribution in [-0.4, -0.2) is 53.5 Å². The van der Waals surface area contributed by atoms with Gasteiger partial charge >= 0.3 is 0 Å². The highest BCUT2D eigenvalue weighted by molar-refractivity contribution is 6.32. The summed E-state index contributed by atoms with van der Waals surface area (Å²) in [4.78, 5) is 21.7. The predicted molar refractivity (Wildman–Crippen MR) is 213 cm³/mol. The molecule has 4 aromatic carbocycles. The van der Waals surface area contributed by atoms with Gasteiger partial charge in [0.2, 0.25) is 11.8 Å². The molecule has 0 bridgehead atoms. The Hall–Kier alpha value is -4.82. The van der Waals surface area contributed by atoms with Crippen LogP contribution < -0.4 is 14.2 Å². The number of pyridine rings is 1. The maximum atomic E-state index is 13.1. The molecule has 0 aliphatic carbocycles. The van der Waals surface area contributed by atoms with Gasteiger partial charge in [0.15, 0.2) is 5.75 Å². The Morgan fingerprint density at radius 3 is 2.15 bits per heavy atom. The number of ether oxygens (including phenoxy) is 3. The van der Waals surface area contributed by atoms with Crippen molar-refractivity contribution in [2.75, 3.05) is 32.8 Å². The van der Waals surface area contributed by atoms with Crippen molar-refractivity contribution in [3.05, 3.63) is 153 Å². The summed E-state index contributed by atoms with van der Waals surface area (Å²) in [5.74, 6) is 2.95. The summed E-state index contributed by atoms with van der Waals surface area (Å²) in [5, 5.41) is 1.12. The monoisotopic (exact) mass is 749 g/mol. The number of carbonyl (C=O) groups is 1. The van der Waals surface area contributed by atoms with Crippen molar-refractivity contribution in [1.82, 2.24) is 14.8 Å². The molecule has 1 amide bonds. The maximum absolute atomic E-state index is 13.1. The molecule has 1 aromatic heterocycles. The fraction of sp³-hybridized carbons (Fsp3) is 0.273. The first-order chi connectivity index (χ1) is 25.7. The number of aryl methyl sites for hydroxylation is 1. The number of aromatic nitrogens is 1. The number of halogens is 2. The summed E-state index contributed by atoms with van der Waals surface area (Å²) in [5.41, 5.74) is 6.50. The second kappa shape index (κ2) is 18.3. The standard InChI is InChI=1S/C44H45Cl2N3O4/c1-31(2)37-11-15-39(16-12-37)51-25-20-33-4-6-34(7-5-33)29-48-21-23-49(24-22-48)43(50)19-10-36-26-32(3)44(41(46)27-36)53-42-18-17-40(28-47-42)52-30-35-8-13-38(45)14-9-35/h4-19,26-28,31H,20-25,29-30H2,1-3H3/b19-10+. The summed E-state index contributed by atoms with van der Waals surface area (Å²) in [7, 11) is 0. The van der Waals surface area contributed by atoms with Gasteiger partial charge in [-0.25, -0.2) is 4.98 Å². The second-order valence-corrected chi connectivity index (χ2v) is 14.4. The lowest BCUT2D eigenvalue weighted by atomic mass is 10.0. The van der Waals surface area contributed by atoms with E-state index in [0.29, 0.717) is 59.6 Å². The van der Waals surface area contributed by atoms with Gasteiger partial charge in [0.1, 0.15) is 18.1 Å². The molecular weight excluding hydrogens is 705 g/mol. The highest BCUT2D eigenvalue weighted by Crippen LogP contribution is 2.34. The van der Waals surface area contributed by atoms with Gasteiger partial charge in [-0.2, -0.15) is 0 Å². The smallest absolute Gasteiger partial charge is 0.246 e. The predicted octanol–water partition coefficient (Wildman–Crippen LogP) is 10.2. The van der Waals surface area contributed by atoms with Crippen molar-refractivity contribution in [2.24, 2.45) is 0 Å². The quantitative estimate of drug-likeness (QED) is 0.105. The summed E-state index contributed by atoms with van der Waals surface area (Å²) in [6.45, 7) is 11.2. The van der Waals surface area contributed by atoms with E-state index in [-0.39, 0.29) is 5.91 Å². The average Bonchev–Trinajstić information content (AvgIpc) is 3.17. The first-order valence-electron chi connectivity index (χ1n) is 18.0. The van der Waals surface area contributed by atoms with Crippen molar-refractivity contribution in [3.63, 3.8) is 0 Å². The molecule has 9 heteroatoms. The van der Waals surface area contributed by atoms with Crippen LogP contribution in [0.4, 0.5) is 0 Å². The summed E-state index contributed by atoms with van der Waals surface area (Å²) >= 11 is 12.6. The fourth-order valence-corrected chi connectivity index (χ4v) is 6.49. The largest absolute Gasteiger partial charge is 0.493 e. The van der Waals surface area contributed by atoms with E-state index in [1.165, 1.54) is 16.7 Å². The molecule has 7 nitrogen and oxygen atoms in total. The van der Waals surface area contributed by atoms with Crippen LogP contribution in [-0.2, 0) is 24.4 Å². The molecule has 0 N–H and O–H groups in total. The number of amides is 1. The maximum Gasteiger partial charge on any atom is 0.246 e. The minimum absolute atomic E-state index is 0.0104. The third-order valence-corrected chi connectivity index (χ3v) is 9.76. The molecule has 0 saturated carbocycles. The van der Waals surface area contributed by atoms with Crippen LogP contribution in [0, 0.1) is 6.92 Å². The summed E-state index contributed by atoms with van der Waals surface area (Å²) < 4.78 is 17.8. The van der Waals surface area contributed by atoms with Crippen LogP contribution in [0.3, 0.4) is 0 Å². The summed E-state index contributed by atoms with van der Waals surface area (Å²) in [6, 6.07) is 31.9. The van der Waals surface area contributed by atoms with Crippen molar-refractivity contribution in [3.8, 4) is 23.1 Å². The number of piperazine rings is 1. The molecule has 1 aliphatic rings. The average molecular weight is 751 g/mol. The topological polar surface area (TPSA) is 64.1 Å². The van der Waals surface area contributed by atoms with Gasteiger partial charge in [-0.15, -0.1) is 0 Å². The number of nitrogens with zero attached hydrogens (tertiary/aromatic N) is 3. The third kappa shape index (κ3) is 11.1. The third-order valence-electron chi connectivity index (χ3n) is 9.22. The molecule has 1 fully saturated rings. The Balaban J connectivity index is 0.922. The molecule has 0 atom stereocenters. The molecule has 5 aromatic rings. The Bertz CT molecular complexity index is 1950. The minimum atomic E-state index is -0.0104. The molecule has 53 heavy (non-hydrogen) atoms. The SMILES string of the molecule is Cc1cc(/C=C/C(=O)N2CCN(Cc3ccc(CCOc4ccc(C(C)C)cc4)cc3)CC2)cc(Cl)c1Oc1ccc(OCc2ccc(Cl)cc2)cn1. The number of benzene rings is 4. The molecule has 0 unspecified atom stereocenters. The molecule has 6 rings (SSSR count).